The van der Waals surface area contributed by atoms with Crippen molar-refractivity contribution in [2.24, 2.45) is 0 Å². The Morgan fingerprint density at radius 3 is 1.14 bits per heavy atom. The van der Waals surface area contributed by atoms with Crippen molar-refractivity contribution >= 4 is 5.91 Å². The number of hydrogen-bond donors (Lipinski definition) is 9. The summed E-state index contributed by atoms with van der Waals surface area (Å²) in [7, 11) is 0. The molecule has 12 atom stereocenters. The molecule has 2 aliphatic rings. The highest BCUT2D eigenvalue weighted by Crippen LogP contribution is 2.30. The van der Waals surface area contributed by atoms with Gasteiger partial charge in [0.15, 0.2) is 12.6 Å². The number of hydrogen-bond acceptors (Lipinski definition) is 13. The molecular weight excluding hydrogens is 1110 g/mol. The molecule has 0 radical (unpaired) electrons. The minimum absolute atomic E-state index is 0.199. The molecule has 12 unspecified atom stereocenters. The van der Waals surface area contributed by atoms with E-state index in [1.54, 1.807) is 0 Å². The first-order valence-electron chi connectivity index (χ1n) is 37.6. The van der Waals surface area contributed by atoms with Crippen molar-refractivity contribution in [2.45, 2.75) is 421 Å². The van der Waals surface area contributed by atoms with Gasteiger partial charge in [-0.3, -0.25) is 4.79 Å². The summed E-state index contributed by atoms with van der Waals surface area (Å²) in [6.07, 6.45) is 57.7. The fourth-order valence-corrected chi connectivity index (χ4v) is 12.7. The summed E-state index contributed by atoms with van der Waals surface area (Å²) in [4.78, 5) is 13.4. The van der Waals surface area contributed by atoms with Gasteiger partial charge in [-0.25, -0.2) is 0 Å². The van der Waals surface area contributed by atoms with E-state index in [0.29, 0.717) is 12.8 Å². The molecule has 9 N–H and O–H groups in total. The molecule has 0 aromatic rings. The predicted octanol–water partition coefficient (Wildman–Crippen LogP) is 15.9. The number of carbonyl (C=O) groups is 1. The molecule has 0 aromatic heterocycles. The van der Waals surface area contributed by atoms with Crippen molar-refractivity contribution in [1.82, 2.24) is 5.32 Å². The average molecular weight is 1250 g/mol. The van der Waals surface area contributed by atoms with Gasteiger partial charge >= 0.3 is 0 Å². The molecule has 88 heavy (non-hydrogen) atoms. The molecule has 2 fully saturated rings. The lowest BCUT2D eigenvalue weighted by Crippen LogP contribution is -2.65. The summed E-state index contributed by atoms with van der Waals surface area (Å²) in [5, 5.41) is 87.7. The summed E-state index contributed by atoms with van der Waals surface area (Å²) in [5.74, 6) is -0.199. The maximum atomic E-state index is 13.4. The predicted molar refractivity (Wildman–Crippen MR) is 360 cm³/mol. The molecule has 2 rings (SSSR count). The second-order valence-electron chi connectivity index (χ2n) is 26.8. The van der Waals surface area contributed by atoms with Gasteiger partial charge < -0.3 is 65.1 Å². The zero-order valence-electron chi connectivity index (χ0n) is 56.7. The highest BCUT2D eigenvalue weighted by Gasteiger charge is 2.51. The van der Waals surface area contributed by atoms with Crippen molar-refractivity contribution in [3.63, 3.8) is 0 Å². The van der Waals surface area contributed by atoms with Crippen LogP contribution in [0, 0.1) is 0 Å². The first-order chi connectivity index (χ1) is 43.1. The largest absolute Gasteiger partial charge is 0.394 e. The van der Waals surface area contributed by atoms with Crippen LogP contribution in [-0.4, -0.2) is 140 Å². The minimum atomic E-state index is -1.78. The number of unbranched alkanes of at least 4 members (excludes halogenated alkanes) is 46. The van der Waals surface area contributed by atoms with E-state index in [0.717, 1.165) is 57.8 Å². The van der Waals surface area contributed by atoms with Gasteiger partial charge in [0.05, 0.1) is 32.0 Å². The van der Waals surface area contributed by atoms with Crippen molar-refractivity contribution in [1.29, 1.82) is 0 Å². The Labute approximate surface area is 539 Å². The van der Waals surface area contributed by atoms with Crippen molar-refractivity contribution in [3.8, 4) is 0 Å². The molecule has 0 aliphatic carbocycles. The number of ether oxygens (including phenoxy) is 4. The number of nitrogens with one attached hydrogen (secondary N) is 1. The number of amides is 1. The molecule has 0 spiro atoms. The highest BCUT2D eigenvalue weighted by atomic mass is 16.7. The monoisotopic (exact) mass is 1250 g/mol. The van der Waals surface area contributed by atoms with Crippen LogP contribution in [0.25, 0.3) is 0 Å². The Hall–Kier alpha value is -1.53. The van der Waals surface area contributed by atoms with E-state index < -0.39 is 86.8 Å². The van der Waals surface area contributed by atoms with Crippen LogP contribution < -0.4 is 5.32 Å². The SMILES string of the molecule is CCCCCCC/C=C\C/C=C\CCCCCCCCCCCCCCCCCCCC(=O)NC(COC1OC(CO)C(OC2OC(CO)C(O)C(O)C2O)C(O)C1O)C(O)CCCCCCCCCCCCCCCCCCCCCCCCCCC. The van der Waals surface area contributed by atoms with E-state index in [4.69, 9.17) is 18.9 Å². The van der Waals surface area contributed by atoms with Crippen LogP contribution in [0.1, 0.15) is 348 Å². The lowest BCUT2D eigenvalue weighted by Gasteiger charge is -2.46. The summed E-state index contributed by atoms with van der Waals surface area (Å²) in [6.45, 7) is 2.91. The maximum Gasteiger partial charge on any atom is 0.220 e. The molecule has 1 amide bonds. The number of aliphatic hydroxyl groups is 8. The van der Waals surface area contributed by atoms with Gasteiger partial charge in [-0.05, 0) is 44.9 Å². The molecule has 2 aliphatic heterocycles. The third-order valence-electron chi connectivity index (χ3n) is 18.7. The molecule has 14 nitrogen and oxygen atoms in total. The molecule has 2 heterocycles. The van der Waals surface area contributed by atoms with Crippen molar-refractivity contribution in [3.05, 3.63) is 24.3 Å². The Morgan fingerprint density at radius 2 is 0.750 bits per heavy atom. The van der Waals surface area contributed by atoms with Gasteiger partial charge in [-0.1, -0.05) is 321 Å². The molecule has 0 saturated carbocycles. The van der Waals surface area contributed by atoms with Crippen LogP contribution in [0.5, 0.6) is 0 Å². The third-order valence-corrected chi connectivity index (χ3v) is 18.7. The van der Waals surface area contributed by atoms with E-state index in [-0.39, 0.29) is 12.5 Å². The van der Waals surface area contributed by atoms with Gasteiger partial charge in [0.25, 0.3) is 0 Å². The quantitative estimate of drug-likeness (QED) is 0.0204. The molecule has 0 aromatic carbocycles. The Morgan fingerprint density at radius 1 is 0.409 bits per heavy atom. The summed E-state index contributed by atoms with van der Waals surface area (Å²) in [6, 6.07) is -0.828. The molecule has 520 valence electrons. The fourth-order valence-electron chi connectivity index (χ4n) is 12.7. The van der Waals surface area contributed by atoms with Gasteiger partial charge in [0, 0.05) is 6.42 Å². The minimum Gasteiger partial charge on any atom is -0.394 e. The number of allylic oxidation sites excluding steroid dienone is 4. The Balaban J connectivity index is 1.64. The second kappa shape index (κ2) is 59.2. The normalized spacial score (nSPS) is 23.2. The van der Waals surface area contributed by atoms with E-state index >= 15 is 0 Å². The van der Waals surface area contributed by atoms with Crippen LogP contribution in [0.15, 0.2) is 24.3 Å². The van der Waals surface area contributed by atoms with Gasteiger partial charge in [0.2, 0.25) is 5.91 Å². The Bertz CT molecular complexity index is 1570. The first-order valence-corrected chi connectivity index (χ1v) is 37.6. The lowest BCUT2D eigenvalue weighted by atomic mass is 9.97. The summed E-state index contributed by atoms with van der Waals surface area (Å²) in [5.41, 5.74) is 0. The highest BCUT2D eigenvalue weighted by molar-refractivity contribution is 5.76. The smallest absolute Gasteiger partial charge is 0.220 e. The van der Waals surface area contributed by atoms with E-state index in [2.05, 4.69) is 43.5 Å². The zero-order valence-corrected chi connectivity index (χ0v) is 56.7. The van der Waals surface area contributed by atoms with Gasteiger partial charge in [0.1, 0.15) is 48.8 Å². The van der Waals surface area contributed by atoms with Gasteiger partial charge in [-0.2, -0.15) is 0 Å². The lowest BCUT2D eigenvalue weighted by molar-refractivity contribution is -0.359. The maximum absolute atomic E-state index is 13.4. The third kappa shape index (κ3) is 42.6. The molecule has 14 heteroatoms. The zero-order chi connectivity index (χ0) is 63.8. The Kier molecular flexibility index (Phi) is 55.6. The molecule has 0 bridgehead atoms. The van der Waals surface area contributed by atoms with E-state index in [1.165, 1.54) is 263 Å². The molecule has 2 saturated heterocycles. The number of aliphatic hydroxyl groups excluding tert-OH is 8. The number of rotatable bonds is 63. The summed E-state index contributed by atoms with van der Waals surface area (Å²) < 4.78 is 23.0. The van der Waals surface area contributed by atoms with E-state index in [9.17, 15) is 45.6 Å². The standard InChI is InChI=1S/C74H141NO13/c1-3-5-7-9-11-13-15-17-19-21-23-25-27-29-30-31-32-34-36-38-40-42-44-46-48-50-52-54-56-58-66(79)75-62(61-85-73-71(84)69(82)72(65(60-77)87-73)88-74-70(83)68(81)67(80)64(59-76)86-74)63(78)57-55-53-51-49-47-45-43-41-39-37-35-33-28-26-24-22-20-18-16-14-12-10-8-6-4-2/h15,17,21,23,62-65,67-74,76-78,80-84H,3-14,16,18-20,22,24-61H2,1-2H3,(H,75,79)/b17-15-,23-21-. The van der Waals surface area contributed by atoms with Crippen molar-refractivity contribution in [2.75, 3.05) is 19.8 Å². The van der Waals surface area contributed by atoms with Crippen LogP contribution in [-0.2, 0) is 23.7 Å². The molecular formula is C74H141NO13. The van der Waals surface area contributed by atoms with Crippen LogP contribution in [0.3, 0.4) is 0 Å². The fraction of sp³-hybridized carbons (Fsp3) is 0.932. The second-order valence-corrected chi connectivity index (χ2v) is 26.8. The van der Waals surface area contributed by atoms with Crippen molar-refractivity contribution < 1.29 is 64.6 Å². The summed E-state index contributed by atoms with van der Waals surface area (Å²) >= 11 is 0. The average Bonchev–Trinajstić information content (AvgIpc) is 2.07. The number of carbonyl (C=O) groups excluding carboxylic acids is 1. The topological polar surface area (TPSA) is 228 Å². The van der Waals surface area contributed by atoms with Crippen LogP contribution in [0.2, 0.25) is 0 Å². The van der Waals surface area contributed by atoms with Crippen LogP contribution in [0.4, 0.5) is 0 Å². The first kappa shape index (κ1) is 82.6. The van der Waals surface area contributed by atoms with Gasteiger partial charge in [-0.15, -0.1) is 0 Å². The van der Waals surface area contributed by atoms with E-state index in [1.807, 2.05) is 0 Å². The van der Waals surface area contributed by atoms with Crippen LogP contribution >= 0.6 is 0 Å².